The number of nitrogens with one attached hydrogen (secondary N) is 2. The van der Waals surface area contributed by atoms with E-state index in [1.54, 1.807) is 11.8 Å². The summed E-state index contributed by atoms with van der Waals surface area (Å²) in [5.74, 6) is 0.738. The van der Waals surface area contributed by atoms with Crippen LogP contribution in [-0.4, -0.2) is 28.4 Å². The maximum absolute atomic E-state index is 12.4. The highest BCUT2D eigenvalue weighted by molar-refractivity contribution is 7.80. The largest absolute Gasteiger partial charge is 0.497 e. The van der Waals surface area contributed by atoms with Crippen LogP contribution in [0, 0.1) is 0 Å². The van der Waals surface area contributed by atoms with Crippen molar-refractivity contribution < 1.29 is 13.9 Å². The Morgan fingerprint density at radius 2 is 1.93 bits per heavy atom. The molecule has 0 unspecified atom stereocenters. The minimum atomic E-state index is -0.423. The van der Waals surface area contributed by atoms with Crippen LogP contribution in [-0.2, 0) is 13.1 Å². The van der Waals surface area contributed by atoms with E-state index in [4.69, 9.17) is 21.5 Å². The lowest BCUT2D eigenvalue weighted by Crippen LogP contribution is -2.46. The second-order valence-electron chi connectivity index (χ2n) is 7.03. The molecular weight excluding hydrogens is 388 g/mol. The number of ether oxygens (including phenoxy) is 1. The number of thiocarbonyl (C=S) groups is 1. The minimum absolute atomic E-state index is 0.311. The summed E-state index contributed by atoms with van der Waals surface area (Å²) in [7, 11) is 1.61. The molecule has 1 aliphatic rings. The number of hydrogen-bond acceptors (Lipinski definition) is 4. The van der Waals surface area contributed by atoms with Crippen LogP contribution in [0.15, 0.2) is 63.9 Å². The average Bonchev–Trinajstić information content (AvgIpc) is 3.50. The van der Waals surface area contributed by atoms with Gasteiger partial charge in [0.05, 0.1) is 7.11 Å². The van der Waals surface area contributed by atoms with Crippen LogP contribution in [0.2, 0.25) is 0 Å². The van der Waals surface area contributed by atoms with Gasteiger partial charge in [-0.15, -0.1) is 0 Å². The molecule has 1 aromatic heterocycles. The Balaban J connectivity index is 1.61. The van der Waals surface area contributed by atoms with Crippen molar-refractivity contribution >= 4 is 17.3 Å². The smallest absolute Gasteiger partial charge is 0.432 e. The number of rotatable bonds is 7. The van der Waals surface area contributed by atoms with Crippen LogP contribution in [0.25, 0.3) is 5.69 Å². The van der Waals surface area contributed by atoms with Crippen LogP contribution in [0.4, 0.5) is 0 Å². The molecule has 1 fully saturated rings. The van der Waals surface area contributed by atoms with Gasteiger partial charge in [0.25, 0.3) is 0 Å². The molecule has 29 heavy (non-hydrogen) atoms. The zero-order valence-electron chi connectivity index (χ0n) is 16.1. The van der Waals surface area contributed by atoms with E-state index in [0.717, 1.165) is 29.8 Å². The molecule has 2 N–H and O–H groups in total. The lowest BCUT2D eigenvalue weighted by Gasteiger charge is -2.24. The van der Waals surface area contributed by atoms with E-state index in [-0.39, 0.29) is 0 Å². The summed E-state index contributed by atoms with van der Waals surface area (Å²) in [6.07, 6.45) is 2.24. The van der Waals surface area contributed by atoms with E-state index in [9.17, 15) is 4.79 Å². The molecule has 3 aromatic rings. The van der Waals surface area contributed by atoms with E-state index in [0.29, 0.717) is 29.9 Å². The van der Waals surface area contributed by atoms with Gasteiger partial charge in [-0.3, -0.25) is 4.52 Å². The fourth-order valence-corrected chi connectivity index (χ4v) is 3.34. The first-order valence-electron chi connectivity index (χ1n) is 9.50. The number of nitrogens with zero attached hydrogens (tertiary/aromatic N) is 2. The first-order valence-corrected chi connectivity index (χ1v) is 9.91. The van der Waals surface area contributed by atoms with Gasteiger partial charge < -0.3 is 15.0 Å². The molecule has 0 saturated heterocycles. The summed E-state index contributed by atoms with van der Waals surface area (Å²) < 4.78 is 11.9. The van der Waals surface area contributed by atoms with Gasteiger partial charge in [-0.25, -0.2) is 4.79 Å². The van der Waals surface area contributed by atoms with Gasteiger partial charge in [0.15, 0.2) is 5.11 Å². The number of H-pyrrole nitrogens is 1. The normalized spacial score (nSPS) is 13.1. The highest BCUT2D eigenvalue weighted by atomic mass is 32.1. The van der Waals surface area contributed by atoms with Gasteiger partial charge in [-0.1, -0.05) is 30.3 Å². The van der Waals surface area contributed by atoms with E-state index in [1.165, 1.54) is 0 Å². The van der Waals surface area contributed by atoms with E-state index >= 15 is 0 Å². The zero-order chi connectivity index (χ0) is 20.2. The van der Waals surface area contributed by atoms with E-state index in [1.807, 2.05) is 59.5 Å². The Morgan fingerprint density at radius 3 is 2.59 bits per heavy atom. The lowest BCUT2D eigenvalue weighted by molar-refractivity contribution is -0.678. The number of aromatic nitrogens is 2. The molecule has 0 spiro atoms. The predicted octanol–water partition coefficient (Wildman–Crippen LogP) is 2.29. The quantitative estimate of drug-likeness (QED) is 0.459. The fraction of sp³-hybridized carbons (Fsp3) is 0.286. The maximum Gasteiger partial charge on any atom is 0.432 e. The molecule has 0 amide bonds. The van der Waals surface area contributed by atoms with Crippen LogP contribution in [0.3, 0.4) is 0 Å². The van der Waals surface area contributed by atoms with Crippen LogP contribution in [0.5, 0.6) is 5.75 Å². The van der Waals surface area contributed by atoms with Gasteiger partial charge in [-0.2, -0.15) is 0 Å². The van der Waals surface area contributed by atoms with Crippen molar-refractivity contribution in [2.75, 3.05) is 7.11 Å². The third-order valence-corrected chi connectivity index (χ3v) is 5.19. The number of hydrogen-bond donors (Lipinski definition) is 2. The lowest BCUT2D eigenvalue weighted by atomic mass is 10.2. The Kier molecular flexibility index (Phi) is 5.62. The monoisotopic (exact) mass is 411 g/mol. The van der Waals surface area contributed by atoms with Crippen molar-refractivity contribution in [1.82, 2.24) is 15.5 Å². The summed E-state index contributed by atoms with van der Waals surface area (Å²) in [5, 5.41) is 6.69. The first kappa shape index (κ1) is 19.2. The second-order valence-corrected chi connectivity index (χ2v) is 7.41. The highest BCUT2D eigenvalue weighted by Crippen LogP contribution is 2.20. The van der Waals surface area contributed by atoms with Crippen LogP contribution >= 0.6 is 12.2 Å². The van der Waals surface area contributed by atoms with Crippen molar-refractivity contribution in [1.29, 1.82) is 0 Å². The first-order chi connectivity index (χ1) is 14.1. The highest BCUT2D eigenvalue weighted by Gasteiger charge is 2.29. The molecule has 1 aliphatic carbocycles. The van der Waals surface area contributed by atoms with Gasteiger partial charge in [-0.05, 0) is 52.7 Å². The van der Waals surface area contributed by atoms with Crippen molar-refractivity contribution in [3.8, 4) is 11.4 Å². The Hall–Kier alpha value is -3.13. The second kappa shape index (κ2) is 8.48. The summed E-state index contributed by atoms with van der Waals surface area (Å²) in [6.45, 7) is 0.901. The molecule has 4 rings (SSSR count). The number of benzene rings is 2. The van der Waals surface area contributed by atoms with Gasteiger partial charge in [0.2, 0.25) is 5.69 Å². The third-order valence-electron chi connectivity index (χ3n) is 4.81. The molecule has 2 aromatic carbocycles. The SMILES string of the molecule is COc1ccc(-[n+]2[nH]oc(=O)c2CN(Cc2ccccc2)C(=S)NC2CC2)cc1. The molecule has 0 atom stereocenters. The topological polar surface area (TPSA) is 74.4 Å². The van der Waals surface area contributed by atoms with Gasteiger partial charge in [0.1, 0.15) is 12.3 Å². The summed E-state index contributed by atoms with van der Waals surface area (Å²) in [6, 6.07) is 17.9. The molecule has 8 heteroatoms. The van der Waals surface area contributed by atoms with Crippen molar-refractivity contribution in [2.24, 2.45) is 0 Å². The fourth-order valence-electron chi connectivity index (χ4n) is 3.05. The summed E-state index contributed by atoms with van der Waals surface area (Å²) in [4.78, 5) is 14.4. The van der Waals surface area contributed by atoms with Gasteiger partial charge >= 0.3 is 11.3 Å². The van der Waals surface area contributed by atoms with Crippen LogP contribution in [0.1, 0.15) is 24.1 Å². The van der Waals surface area contributed by atoms with Gasteiger partial charge in [0, 0.05) is 24.7 Å². The van der Waals surface area contributed by atoms with Crippen molar-refractivity contribution in [2.45, 2.75) is 32.0 Å². The zero-order valence-corrected chi connectivity index (χ0v) is 16.9. The molecule has 0 bridgehead atoms. The summed E-state index contributed by atoms with van der Waals surface area (Å²) in [5.41, 5.74) is 1.93. The molecule has 1 saturated carbocycles. The maximum atomic E-state index is 12.4. The summed E-state index contributed by atoms with van der Waals surface area (Å²) >= 11 is 5.65. The van der Waals surface area contributed by atoms with Crippen molar-refractivity contribution in [3.05, 3.63) is 76.3 Å². The number of aromatic amines is 1. The van der Waals surface area contributed by atoms with Crippen LogP contribution < -0.4 is 20.4 Å². The van der Waals surface area contributed by atoms with Crippen molar-refractivity contribution in [3.63, 3.8) is 0 Å². The Bertz CT molecular complexity index is 1030. The third kappa shape index (κ3) is 4.65. The Labute approximate surface area is 173 Å². The number of methoxy groups -OCH3 is 1. The molecular formula is C21H23N4O3S+. The molecule has 7 nitrogen and oxygen atoms in total. The molecule has 0 aliphatic heterocycles. The molecule has 1 heterocycles. The molecule has 0 radical (unpaired) electrons. The van der Waals surface area contributed by atoms with E-state index in [2.05, 4.69) is 10.6 Å². The predicted molar refractivity (Wildman–Crippen MR) is 112 cm³/mol. The van der Waals surface area contributed by atoms with E-state index < -0.39 is 5.63 Å². The average molecular weight is 412 g/mol. The minimum Gasteiger partial charge on any atom is -0.497 e. The standard InChI is InChI=1S/C21H22N4O3S/c1-27-18-11-9-17(10-12-18)25-19(20(26)28-23-25)14-24(21(29)22-16-7-8-16)13-15-5-3-2-4-6-15/h2-6,9-12,16H,7-8,13-14H2,1H3,(H-,22,23,26,29)/p+1. The Morgan fingerprint density at radius 1 is 1.21 bits per heavy atom. The molecule has 150 valence electrons.